The third kappa shape index (κ3) is 12.0. The number of carbonyl (C=O) groups excluding carboxylic acids is 1. The molecule has 0 aromatic rings. The van der Waals surface area contributed by atoms with Crippen molar-refractivity contribution in [2.75, 3.05) is 78.8 Å². The van der Waals surface area contributed by atoms with Crippen LogP contribution in [0, 0.1) is 11.8 Å². The molecular formula is C26H51N3O3. The highest BCUT2D eigenvalue weighted by Gasteiger charge is 2.22. The van der Waals surface area contributed by atoms with Crippen molar-refractivity contribution in [3.8, 4) is 0 Å². The maximum atomic E-state index is 13.2. The molecule has 0 aliphatic carbocycles. The van der Waals surface area contributed by atoms with Gasteiger partial charge in [0.1, 0.15) is 0 Å². The van der Waals surface area contributed by atoms with E-state index in [-0.39, 0.29) is 0 Å². The standard InChI is InChI=1S/C26H51N3O3/c1-4-5-6-7-8-9-10-11-26(30)29(22-24(2)20-27-12-16-31-17-13-27)23-25(3)21-28-14-18-32-19-15-28/h24-25H,4-23H2,1-3H3. The van der Waals surface area contributed by atoms with Gasteiger partial charge in [0.25, 0.3) is 0 Å². The first-order chi connectivity index (χ1) is 15.6. The van der Waals surface area contributed by atoms with E-state index in [1.165, 1.54) is 38.5 Å². The van der Waals surface area contributed by atoms with Gasteiger partial charge in [-0.2, -0.15) is 0 Å². The summed E-state index contributed by atoms with van der Waals surface area (Å²) in [5, 5.41) is 0. The summed E-state index contributed by atoms with van der Waals surface area (Å²) in [5.74, 6) is 1.34. The zero-order valence-corrected chi connectivity index (χ0v) is 21.4. The molecule has 0 spiro atoms. The molecule has 2 unspecified atom stereocenters. The Morgan fingerprint density at radius 3 is 1.66 bits per heavy atom. The summed E-state index contributed by atoms with van der Waals surface area (Å²) in [4.78, 5) is 20.4. The van der Waals surface area contributed by atoms with Gasteiger partial charge in [-0.15, -0.1) is 0 Å². The molecule has 0 bridgehead atoms. The number of ether oxygens (including phenoxy) is 2. The highest BCUT2D eigenvalue weighted by Crippen LogP contribution is 2.14. The molecule has 1 amide bonds. The van der Waals surface area contributed by atoms with E-state index in [0.717, 1.165) is 85.2 Å². The second kappa shape index (κ2) is 16.9. The number of morpholine rings is 2. The number of rotatable bonds is 16. The van der Waals surface area contributed by atoms with Crippen molar-refractivity contribution >= 4 is 5.91 Å². The van der Waals surface area contributed by atoms with Gasteiger partial charge >= 0.3 is 0 Å². The van der Waals surface area contributed by atoms with Crippen LogP contribution in [0.3, 0.4) is 0 Å². The SMILES string of the molecule is CCCCCCCCCC(=O)N(CC(C)CN1CCOCC1)CC(C)CN1CCOCC1. The zero-order valence-electron chi connectivity index (χ0n) is 21.4. The van der Waals surface area contributed by atoms with E-state index in [1.807, 2.05) is 0 Å². The van der Waals surface area contributed by atoms with Crippen LogP contribution in [0.25, 0.3) is 0 Å². The van der Waals surface area contributed by atoms with Crippen LogP contribution in [0.5, 0.6) is 0 Å². The first kappa shape index (κ1) is 27.6. The van der Waals surface area contributed by atoms with E-state index in [0.29, 0.717) is 24.2 Å². The predicted molar refractivity (Wildman–Crippen MR) is 132 cm³/mol. The molecule has 2 atom stereocenters. The maximum Gasteiger partial charge on any atom is 0.222 e. The second-order valence-corrected chi connectivity index (χ2v) is 10.2. The summed E-state index contributed by atoms with van der Waals surface area (Å²) in [6, 6.07) is 0. The van der Waals surface area contributed by atoms with Crippen molar-refractivity contribution in [1.29, 1.82) is 0 Å². The van der Waals surface area contributed by atoms with Crippen molar-refractivity contribution in [1.82, 2.24) is 14.7 Å². The number of carbonyl (C=O) groups is 1. The largest absolute Gasteiger partial charge is 0.379 e. The van der Waals surface area contributed by atoms with Crippen molar-refractivity contribution < 1.29 is 14.3 Å². The van der Waals surface area contributed by atoms with E-state index in [2.05, 4.69) is 35.5 Å². The molecule has 0 aromatic heterocycles. The Hall–Kier alpha value is -0.690. The minimum absolute atomic E-state index is 0.362. The number of amides is 1. The molecule has 0 aromatic carbocycles. The molecule has 0 saturated carbocycles. The first-order valence-electron chi connectivity index (χ1n) is 13.5. The molecule has 2 rings (SSSR count). The van der Waals surface area contributed by atoms with Crippen LogP contribution in [0.15, 0.2) is 0 Å². The van der Waals surface area contributed by atoms with E-state index in [1.54, 1.807) is 0 Å². The van der Waals surface area contributed by atoms with Gasteiger partial charge in [0, 0.05) is 58.8 Å². The molecule has 0 N–H and O–H groups in total. The highest BCUT2D eigenvalue weighted by atomic mass is 16.5. The Morgan fingerprint density at radius 2 is 1.19 bits per heavy atom. The van der Waals surface area contributed by atoms with Gasteiger partial charge in [-0.05, 0) is 18.3 Å². The Bertz CT molecular complexity index is 451. The summed E-state index contributed by atoms with van der Waals surface area (Å²) in [6.45, 7) is 18.1. The summed E-state index contributed by atoms with van der Waals surface area (Å²) in [5.41, 5.74) is 0. The molecule has 188 valence electrons. The molecule has 2 aliphatic rings. The number of unbranched alkanes of at least 4 members (excludes halogenated alkanes) is 6. The average molecular weight is 454 g/mol. The quantitative estimate of drug-likeness (QED) is 0.332. The predicted octanol–water partition coefficient (Wildman–Crippen LogP) is 3.89. The van der Waals surface area contributed by atoms with E-state index in [4.69, 9.17) is 9.47 Å². The van der Waals surface area contributed by atoms with Gasteiger partial charge in [-0.1, -0.05) is 59.3 Å². The third-order valence-electron chi connectivity index (χ3n) is 6.76. The number of hydrogen-bond donors (Lipinski definition) is 0. The zero-order chi connectivity index (χ0) is 23.0. The molecule has 2 saturated heterocycles. The van der Waals surface area contributed by atoms with Crippen LogP contribution < -0.4 is 0 Å². The fourth-order valence-corrected chi connectivity index (χ4v) is 4.99. The molecule has 2 heterocycles. The lowest BCUT2D eigenvalue weighted by Gasteiger charge is -2.34. The minimum Gasteiger partial charge on any atom is -0.379 e. The van der Waals surface area contributed by atoms with Gasteiger partial charge in [0.15, 0.2) is 0 Å². The summed E-state index contributed by atoms with van der Waals surface area (Å²) >= 11 is 0. The van der Waals surface area contributed by atoms with Crippen LogP contribution in [-0.4, -0.2) is 99.4 Å². The lowest BCUT2D eigenvalue weighted by molar-refractivity contribution is -0.132. The van der Waals surface area contributed by atoms with Gasteiger partial charge in [0.05, 0.1) is 26.4 Å². The molecule has 2 aliphatic heterocycles. The van der Waals surface area contributed by atoms with Crippen molar-refractivity contribution in [2.45, 2.75) is 72.1 Å². The number of nitrogens with zero attached hydrogens (tertiary/aromatic N) is 3. The molecule has 0 radical (unpaired) electrons. The Kier molecular flexibility index (Phi) is 14.5. The highest BCUT2D eigenvalue weighted by molar-refractivity contribution is 5.76. The molecule has 6 heteroatoms. The van der Waals surface area contributed by atoms with E-state index >= 15 is 0 Å². The van der Waals surface area contributed by atoms with Crippen LogP contribution in [0.2, 0.25) is 0 Å². The van der Waals surface area contributed by atoms with Crippen molar-refractivity contribution in [3.63, 3.8) is 0 Å². The summed E-state index contributed by atoms with van der Waals surface area (Å²) in [6.07, 6.45) is 9.50. The topological polar surface area (TPSA) is 45.2 Å². The fraction of sp³-hybridized carbons (Fsp3) is 0.962. The van der Waals surface area contributed by atoms with Crippen LogP contribution >= 0.6 is 0 Å². The smallest absolute Gasteiger partial charge is 0.222 e. The lowest BCUT2D eigenvalue weighted by Crippen LogP contribution is -2.45. The van der Waals surface area contributed by atoms with Gasteiger partial charge in [-0.25, -0.2) is 0 Å². The van der Waals surface area contributed by atoms with Crippen LogP contribution in [0.1, 0.15) is 72.1 Å². The van der Waals surface area contributed by atoms with Crippen molar-refractivity contribution in [2.24, 2.45) is 11.8 Å². The summed E-state index contributed by atoms with van der Waals surface area (Å²) < 4.78 is 11.0. The molecule has 2 fully saturated rings. The molecule has 6 nitrogen and oxygen atoms in total. The van der Waals surface area contributed by atoms with Gasteiger partial charge in [-0.3, -0.25) is 14.6 Å². The van der Waals surface area contributed by atoms with Gasteiger partial charge < -0.3 is 14.4 Å². The first-order valence-corrected chi connectivity index (χ1v) is 13.5. The molecular weight excluding hydrogens is 402 g/mol. The van der Waals surface area contributed by atoms with Crippen LogP contribution in [0.4, 0.5) is 0 Å². The maximum absolute atomic E-state index is 13.2. The normalized spacial score (nSPS) is 20.2. The van der Waals surface area contributed by atoms with E-state index < -0.39 is 0 Å². The van der Waals surface area contributed by atoms with Crippen molar-refractivity contribution in [3.05, 3.63) is 0 Å². The monoisotopic (exact) mass is 453 g/mol. The Morgan fingerprint density at radius 1 is 0.750 bits per heavy atom. The summed E-state index contributed by atoms with van der Waals surface area (Å²) in [7, 11) is 0. The number of hydrogen-bond acceptors (Lipinski definition) is 5. The van der Waals surface area contributed by atoms with Gasteiger partial charge in [0.2, 0.25) is 5.91 Å². The lowest BCUT2D eigenvalue weighted by atomic mass is 10.0. The van der Waals surface area contributed by atoms with E-state index in [9.17, 15) is 4.79 Å². The second-order valence-electron chi connectivity index (χ2n) is 10.2. The Labute approximate surface area is 198 Å². The average Bonchev–Trinajstić information content (AvgIpc) is 2.79. The minimum atomic E-state index is 0.362. The fourth-order valence-electron chi connectivity index (χ4n) is 4.99. The molecule has 32 heavy (non-hydrogen) atoms. The third-order valence-corrected chi connectivity index (χ3v) is 6.76. The van der Waals surface area contributed by atoms with Crippen LogP contribution in [-0.2, 0) is 14.3 Å². The Balaban J connectivity index is 1.79.